The zero-order valence-electron chi connectivity index (χ0n) is 18.2. The zero-order chi connectivity index (χ0) is 18.9. The molecule has 4 rings (SSSR count). The maximum atomic E-state index is 3.53. The van der Waals surface area contributed by atoms with Crippen LogP contribution in [0.25, 0.3) is 11.1 Å². The smallest absolute Gasteiger partial charge is 1.00 e. The van der Waals surface area contributed by atoms with E-state index < -0.39 is 0 Å². The first-order valence-corrected chi connectivity index (χ1v) is 9.52. The molecule has 0 radical (unpaired) electrons. The van der Waals surface area contributed by atoms with Crippen LogP contribution in [0.15, 0.2) is 60.7 Å². The summed E-state index contributed by atoms with van der Waals surface area (Å²) in [7, 11) is 0. The van der Waals surface area contributed by atoms with Gasteiger partial charge in [0.05, 0.1) is 0 Å². The van der Waals surface area contributed by atoms with Crippen LogP contribution in [0.1, 0.15) is 63.8 Å². The van der Waals surface area contributed by atoms with Crippen LogP contribution < -0.4 is 24.8 Å². The summed E-state index contributed by atoms with van der Waals surface area (Å²) in [5, 5.41) is 0. The van der Waals surface area contributed by atoms with Gasteiger partial charge in [-0.3, -0.25) is 0 Å². The molecule has 1 aliphatic carbocycles. The average Bonchev–Trinajstić information content (AvgIpc) is 3.23. The van der Waals surface area contributed by atoms with E-state index in [1.165, 1.54) is 33.4 Å². The molecular formula is C26H30Cl2Hf. The van der Waals surface area contributed by atoms with Gasteiger partial charge in [-0.15, -0.1) is 5.56 Å². The Morgan fingerprint density at radius 3 is 1.83 bits per heavy atom. The zero-order valence-corrected chi connectivity index (χ0v) is 23.3. The van der Waals surface area contributed by atoms with Crippen molar-refractivity contribution in [2.45, 2.75) is 58.8 Å². The SMILES string of the molecule is CC(C)(C)c1c[c-]c2c(c1)-c1cc(C(C)(C)C)ccc1C2.[Cl-].[Cl-].[Hf+4].c1cc[cH-]c1. The number of benzene rings is 2. The van der Waals surface area contributed by atoms with Crippen molar-refractivity contribution in [3.8, 4) is 11.1 Å². The van der Waals surface area contributed by atoms with Crippen LogP contribution in [0.5, 0.6) is 0 Å². The Hall–Kier alpha value is -0.760. The van der Waals surface area contributed by atoms with Crippen molar-refractivity contribution in [1.82, 2.24) is 0 Å². The van der Waals surface area contributed by atoms with Gasteiger partial charge in [0.15, 0.2) is 0 Å². The Balaban J connectivity index is 0.000000863. The van der Waals surface area contributed by atoms with E-state index in [9.17, 15) is 0 Å². The van der Waals surface area contributed by atoms with Crippen LogP contribution >= 0.6 is 0 Å². The van der Waals surface area contributed by atoms with Gasteiger partial charge < -0.3 is 24.8 Å². The molecule has 0 nitrogen and oxygen atoms in total. The topological polar surface area (TPSA) is 0 Å². The first-order valence-electron chi connectivity index (χ1n) is 9.52. The summed E-state index contributed by atoms with van der Waals surface area (Å²) >= 11 is 0. The fourth-order valence-electron chi connectivity index (χ4n) is 3.31. The third-order valence-electron chi connectivity index (χ3n) is 5.08. The second-order valence-electron chi connectivity index (χ2n) is 9.29. The largest absolute Gasteiger partial charge is 4.00 e. The van der Waals surface area contributed by atoms with Gasteiger partial charge in [-0.25, -0.2) is 12.1 Å². The third-order valence-corrected chi connectivity index (χ3v) is 5.08. The first kappa shape index (κ1) is 28.2. The van der Waals surface area contributed by atoms with Crippen molar-refractivity contribution < 1.29 is 50.7 Å². The summed E-state index contributed by atoms with van der Waals surface area (Å²) < 4.78 is 0. The first-order chi connectivity index (χ1) is 12.2. The van der Waals surface area contributed by atoms with Crippen molar-refractivity contribution >= 4 is 0 Å². The molecule has 0 bridgehead atoms. The second-order valence-corrected chi connectivity index (χ2v) is 9.29. The number of rotatable bonds is 0. The van der Waals surface area contributed by atoms with Gasteiger partial charge >= 0.3 is 25.8 Å². The molecule has 1 aliphatic rings. The normalized spacial score (nSPS) is 11.5. The summed E-state index contributed by atoms with van der Waals surface area (Å²) in [5.74, 6) is 0. The monoisotopic (exact) mass is 592 g/mol. The van der Waals surface area contributed by atoms with Gasteiger partial charge in [0.1, 0.15) is 0 Å². The Morgan fingerprint density at radius 2 is 1.34 bits per heavy atom. The van der Waals surface area contributed by atoms with Crippen molar-refractivity contribution in [2.75, 3.05) is 0 Å². The standard InChI is InChI=1S/C21H25.C5H5.2ClH.Hf/c1-20(2,3)16-9-7-14-11-15-8-10-17(21(4,5)6)13-19(15)18(14)12-16;1-2-4-5-3-1;;;/h7,9-10,12-13H,11H2,1-6H3;1-5H;2*1H;/q2*-1;;;+4/p-2. The van der Waals surface area contributed by atoms with E-state index in [4.69, 9.17) is 0 Å². The number of hydrogen-bond acceptors (Lipinski definition) is 0. The summed E-state index contributed by atoms with van der Waals surface area (Å²) in [6.45, 7) is 13.6. The Kier molecular flexibility index (Phi) is 10.7. The number of fused-ring (bicyclic) bond motifs is 3. The molecule has 0 unspecified atom stereocenters. The molecule has 0 fully saturated rings. The summed E-state index contributed by atoms with van der Waals surface area (Å²) in [5.41, 5.74) is 8.76. The molecule has 0 amide bonds. The fraction of sp³-hybridized carbons (Fsp3) is 0.346. The van der Waals surface area contributed by atoms with Crippen LogP contribution in [0.2, 0.25) is 0 Å². The molecule has 0 aromatic heterocycles. The van der Waals surface area contributed by atoms with Crippen LogP contribution in [0, 0.1) is 6.07 Å². The molecule has 3 aromatic carbocycles. The van der Waals surface area contributed by atoms with E-state index in [1.54, 1.807) is 0 Å². The summed E-state index contributed by atoms with van der Waals surface area (Å²) in [4.78, 5) is 0. The van der Waals surface area contributed by atoms with Crippen LogP contribution in [-0.2, 0) is 43.1 Å². The summed E-state index contributed by atoms with van der Waals surface area (Å²) in [6, 6.07) is 25.1. The molecule has 29 heavy (non-hydrogen) atoms. The Morgan fingerprint density at radius 1 is 0.793 bits per heavy atom. The number of halogens is 2. The third kappa shape index (κ3) is 6.88. The molecular weight excluding hydrogens is 562 g/mol. The quantitative estimate of drug-likeness (QED) is 0.212. The maximum Gasteiger partial charge on any atom is 4.00 e. The molecule has 0 spiro atoms. The fourth-order valence-corrected chi connectivity index (χ4v) is 3.31. The molecule has 0 N–H and O–H groups in total. The van der Waals surface area contributed by atoms with Gasteiger partial charge in [0.2, 0.25) is 0 Å². The molecule has 0 saturated heterocycles. The van der Waals surface area contributed by atoms with Gasteiger partial charge in [0, 0.05) is 0 Å². The second kappa shape index (κ2) is 11.0. The minimum absolute atomic E-state index is 0. The van der Waals surface area contributed by atoms with Crippen molar-refractivity contribution in [3.05, 3.63) is 89.0 Å². The van der Waals surface area contributed by atoms with Gasteiger partial charge in [0.25, 0.3) is 0 Å². The van der Waals surface area contributed by atoms with Crippen molar-refractivity contribution in [3.63, 3.8) is 0 Å². The van der Waals surface area contributed by atoms with Crippen LogP contribution in [0.3, 0.4) is 0 Å². The average molecular weight is 592 g/mol. The van der Waals surface area contributed by atoms with E-state index >= 15 is 0 Å². The molecule has 0 aliphatic heterocycles. The molecule has 152 valence electrons. The molecule has 3 aromatic rings. The van der Waals surface area contributed by atoms with Gasteiger partial charge in [-0.2, -0.15) is 47.5 Å². The minimum atomic E-state index is 0. The van der Waals surface area contributed by atoms with Crippen molar-refractivity contribution in [1.29, 1.82) is 0 Å². The van der Waals surface area contributed by atoms with E-state index in [2.05, 4.69) is 77.9 Å². The molecule has 0 heterocycles. The van der Waals surface area contributed by atoms with Crippen LogP contribution in [0.4, 0.5) is 0 Å². The molecule has 3 heteroatoms. The van der Waals surface area contributed by atoms with E-state index in [1.807, 2.05) is 30.3 Å². The predicted octanol–water partition coefficient (Wildman–Crippen LogP) is 1.06. The molecule has 0 atom stereocenters. The summed E-state index contributed by atoms with van der Waals surface area (Å²) in [6.07, 6.45) is 1.03. The Labute approximate surface area is 208 Å². The predicted molar refractivity (Wildman–Crippen MR) is 113 cm³/mol. The van der Waals surface area contributed by atoms with E-state index in [0.717, 1.165) is 6.42 Å². The minimum Gasteiger partial charge on any atom is -1.00 e. The maximum absolute atomic E-state index is 3.53. The van der Waals surface area contributed by atoms with Gasteiger partial charge in [-0.05, 0) is 17.4 Å². The molecule has 0 saturated carbocycles. The Bertz CT molecular complexity index is 803. The number of hydrogen-bond donors (Lipinski definition) is 0. The van der Waals surface area contributed by atoms with Crippen molar-refractivity contribution in [2.24, 2.45) is 0 Å². The van der Waals surface area contributed by atoms with Gasteiger partial charge in [-0.1, -0.05) is 76.3 Å². The van der Waals surface area contributed by atoms with E-state index in [0.29, 0.717) is 0 Å². The van der Waals surface area contributed by atoms with Crippen LogP contribution in [-0.4, -0.2) is 0 Å². The van der Waals surface area contributed by atoms with E-state index in [-0.39, 0.29) is 61.5 Å².